The van der Waals surface area contributed by atoms with Gasteiger partial charge in [0.15, 0.2) is 0 Å². The van der Waals surface area contributed by atoms with E-state index < -0.39 is 10.8 Å². The third kappa shape index (κ3) is 4.41. The zero-order chi connectivity index (χ0) is 12.0. The smallest absolute Gasteiger partial charge is 0.127 e. The van der Waals surface area contributed by atoms with Gasteiger partial charge in [0.25, 0.3) is 0 Å². The monoisotopic (exact) mass is 243 g/mol. The molecule has 1 N–H and O–H groups in total. The van der Waals surface area contributed by atoms with Crippen LogP contribution >= 0.6 is 0 Å². The summed E-state index contributed by atoms with van der Waals surface area (Å²) in [6, 6.07) is 5.07. The molecule has 2 nitrogen and oxygen atoms in total. The SMILES string of the molecule is CCS(=O)CCNCc1cc(C)ccc1F. The molecule has 16 heavy (non-hydrogen) atoms. The minimum absolute atomic E-state index is 0.185. The maximum Gasteiger partial charge on any atom is 0.127 e. The molecule has 0 saturated carbocycles. The van der Waals surface area contributed by atoms with Crippen LogP contribution in [0.1, 0.15) is 18.1 Å². The molecule has 1 aromatic carbocycles. The zero-order valence-corrected chi connectivity index (χ0v) is 10.6. The summed E-state index contributed by atoms with van der Waals surface area (Å²) in [4.78, 5) is 0. The molecule has 1 atom stereocenters. The Morgan fingerprint density at radius 3 is 2.88 bits per heavy atom. The molecule has 0 bridgehead atoms. The second-order valence-corrected chi connectivity index (χ2v) is 5.57. The molecule has 0 fully saturated rings. The van der Waals surface area contributed by atoms with Gasteiger partial charge in [0.05, 0.1) is 0 Å². The predicted molar refractivity (Wildman–Crippen MR) is 66.4 cm³/mol. The number of hydrogen-bond acceptors (Lipinski definition) is 2. The quantitative estimate of drug-likeness (QED) is 0.774. The zero-order valence-electron chi connectivity index (χ0n) is 9.75. The van der Waals surface area contributed by atoms with Crippen LogP contribution in [0.4, 0.5) is 4.39 Å². The van der Waals surface area contributed by atoms with Crippen LogP contribution in [0, 0.1) is 12.7 Å². The van der Waals surface area contributed by atoms with E-state index in [0.29, 0.717) is 30.2 Å². The van der Waals surface area contributed by atoms with E-state index in [9.17, 15) is 8.60 Å². The summed E-state index contributed by atoms with van der Waals surface area (Å²) in [6.07, 6.45) is 0. The molecule has 1 rings (SSSR count). The average molecular weight is 243 g/mol. The fraction of sp³-hybridized carbons (Fsp3) is 0.500. The molecule has 0 aliphatic rings. The molecule has 0 aromatic heterocycles. The Balaban J connectivity index is 2.37. The van der Waals surface area contributed by atoms with E-state index in [0.717, 1.165) is 5.56 Å². The Kier molecular flexibility index (Phi) is 5.63. The van der Waals surface area contributed by atoms with Gasteiger partial charge in [-0.2, -0.15) is 0 Å². The first-order chi connectivity index (χ1) is 7.63. The van der Waals surface area contributed by atoms with E-state index in [1.54, 1.807) is 6.07 Å². The molecule has 0 heterocycles. The third-order valence-electron chi connectivity index (χ3n) is 2.35. The van der Waals surface area contributed by atoms with Crippen molar-refractivity contribution in [2.45, 2.75) is 20.4 Å². The number of benzene rings is 1. The molecule has 0 saturated heterocycles. The first-order valence-corrected chi connectivity index (χ1v) is 6.93. The van der Waals surface area contributed by atoms with Crippen LogP contribution in [0.15, 0.2) is 18.2 Å². The lowest BCUT2D eigenvalue weighted by atomic mass is 10.1. The molecular formula is C12H18FNOS. The highest BCUT2D eigenvalue weighted by Gasteiger charge is 2.02. The van der Waals surface area contributed by atoms with Gasteiger partial charge in [0.1, 0.15) is 5.82 Å². The van der Waals surface area contributed by atoms with Gasteiger partial charge in [-0.1, -0.05) is 24.6 Å². The number of halogens is 1. The first-order valence-electron chi connectivity index (χ1n) is 5.44. The lowest BCUT2D eigenvalue weighted by Crippen LogP contribution is -2.21. The third-order valence-corrected chi connectivity index (χ3v) is 3.65. The highest BCUT2D eigenvalue weighted by molar-refractivity contribution is 7.84. The number of aryl methyl sites for hydroxylation is 1. The second kappa shape index (κ2) is 6.76. The van der Waals surface area contributed by atoms with Gasteiger partial charge in [-0.25, -0.2) is 4.39 Å². The number of rotatable bonds is 6. The normalized spacial score (nSPS) is 12.7. The van der Waals surface area contributed by atoms with Crippen molar-refractivity contribution in [3.05, 3.63) is 35.1 Å². The highest BCUT2D eigenvalue weighted by atomic mass is 32.2. The summed E-state index contributed by atoms with van der Waals surface area (Å²) in [6.45, 7) is 4.99. The maximum atomic E-state index is 13.3. The van der Waals surface area contributed by atoms with Crippen molar-refractivity contribution in [2.75, 3.05) is 18.1 Å². The van der Waals surface area contributed by atoms with E-state index in [2.05, 4.69) is 5.32 Å². The van der Waals surface area contributed by atoms with Gasteiger partial charge < -0.3 is 5.32 Å². The predicted octanol–water partition coefficient (Wildman–Crippen LogP) is 1.99. The molecule has 1 aromatic rings. The van der Waals surface area contributed by atoms with Crippen molar-refractivity contribution in [3.63, 3.8) is 0 Å². The van der Waals surface area contributed by atoms with Crippen molar-refractivity contribution in [1.29, 1.82) is 0 Å². The number of nitrogens with one attached hydrogen (secondary N) is 1. The Labute approximate surface area is 98.7 Å². The van der Waals surface area contributed by atoms with Crippen LogP contribution in [-0.4, -0.2) is 22.3 Å². The van der Waals surface area contributed by atoms with Crippen molar-refractivity contribution in [1.82, 2.24) is 5.32 Å². The Bertz CT molecular complexity index is 368. The first kappa shape index (κ1) is 13.3. The van der Waals surface area contributed by atoms with Crippen molar-refractivity contribution >= 4 is 10.8 Å². The number of hydrogen-bond donors (Lipinski definition) is 1. The van der Waals surface area contributed by atoms with Crippen LogP contribution in [0.3, 0.4) is 0 Å². The van der Waals surface area contributed by atoms with Gasteiger partial charge in [-0.15, -0.1) is 0 Å². The molecule has 0 radical (unpaired) electrons. The molecule has 90 valence electrons. The summed E-state index contributed by atoms with van der Waals surface area (Å²) < 4.78 is 24.5. The van der Waals surface area contributed by atoms with E-state index >= 15 is 0 Å². The summed E-state index contributed by atoms with van der Waals surface area (Å²) in [5.74, 6) is 1.12. The lowest BCUT2D eigenvalue weighted by Gasteiger charge is -2.06. The molecule has 1 unspecified atom stereocenters. The summed E-state index contributed by atoms with van der Waals surface area (Å²) >= 11 is 0. The molecule has 0 aliphatic carbocycles. The van der Waals surface area contributed by atoms with Crippen LogP contribution in [0.5, 0.6) is 0 Å². The minimum atomic E-state index is -0.751. The van der Waals surface area contributed by atoms with Crippen molar-refractivity contribution < 1.29 is 8.60 Å². The average Bonchev–Trinajstić information content (AvgIpc) is 2.28. The Morgan fingerprint density at radius 1 is 1.44 bits per heavy atom. The topological polar surface area (TPSA) is 29.1 Å². The lowest BCUT2D eigenvalue weighted by molar-refractivity contribution is 0.592. The van der Waals surface area contributed by atoms with Gasteiger partial charge in [-0.05, 0) is 13.0 Å². The van der Waals surface area contributed by atoms with Gasteiger partial charge in [0.2, 0.25) is 0 Å². The van der Waals surface area contributed by atoms with Crippen LogP contribution in [0.2, 0.25) is 0 Å². The van der Waals surface area contributed by atoms with Gasteiger partial charge in [0, 0.05) is 41.0 Å². The maximum absolute atomic E-state index is 13.3. The van der Waals surface area contributed by atoms with E-state index in [-0.39, 0.29) is 5.82 Å². The molecular weight excluding hydrogens is 225 g/mol. The Morgan fingerprint density at radius 2 is 2.19 bits per heavy atom. The summed E-state index contributed by atoms with van der Waals surface area (Å²) in [7, 11) is -0.751. The highest BCUT2D eigenvalue weighted by Crippen LogP contribution is 2.09. The van der Waals surface area contributed by atoms with Crippen LogP contribution < -0.4 is 5.32 Å². The second-order valence-electron chi connectivity index (χ2n) is 3.70. The Hall–Kier alpha value is -0.740. The molecule has 0 aliphatic heterocycles. The fourth-order valence-electron chi connectivity index (χ4n) is 1.39. The molecule has 0 spiro atoms. The van der Waals surface area contributed by atoms with E-state index in [1.165, 1.54) is 6.07 Å². The van der Waals surface area contributed by atoms with Crippen molar-refractivity contribution in [2.24, 2.45) is 0 Å². The molecule has 4 heteroatoms. The van der Waals surface area contributed by atoms with E-state index in [1.807, 2.05) is 19.9 Å². The largest absolute Gasteiger partial charge is 0.312 e. The standard InChI is InChI=1S/C12H18FNOS/c1-3-16(15)7-6-14-9-11-8-10(2)4-5-12(11)13/h4-5,8,14H,3,6-7,9H2,1-2H3. The minimum Gasteiger partial charge on any atom is -0.312 e. The van der Waals surface area contributed by atoms with Gasteiger partial charge in [-0.3, -0.25) is 4.21 Å². The van der Waals surface area contributed by atoms with Crippen LogP contribution in [0.25, 0.3) is 0 Å². The van der Waals surface area contributed by atoms with Crippen molar-refractivity contribution in [3.8, 4) is 0 Å². The van der Waals surface area contributed by atoms with E-state index in [4.69, 9.17) is 0 Å². The van der Waals surface area contributed by atoms with Crippen LogP contribution in [-0.2, 0) is 17.3 Å². The fourth-order valence-corrected chi connectivity index (χ4v) is 2.05. The summed E-state index contributed by atoms with van der Waals surface area (Å²) in [5, 5.41) is 3.10. The van der Waals surface area contributed by atoms with Gasteiger partial charge >= 0.3 is 0 Å². The summed E-state index contributed by atoms with van der Waals surface area (Å²) in [5.41, 5.74) is 1.72. The molecule has 0 amide bonds.